The molecule has 0 unspecified atom stereocenters. The van der Waals surface area contributed by atoms with Gasteiger partial charge >= 0.3 is 0 Å². The molecule has 0 radical (unpaired) electrons. The standard InChI is InChI=1S/C32H18/c1-2-26-8-10-28(11-9-26)14-15-30-20-22-32(23-21-30)25-24-31-18-16-29(17-19-31)13-12-27-6-4-3-5-7-27/h1,3-11,16-23H. The van der Waals surface area contributed by atoms with Crippen molar-refractivity contribution in [3.8, 4) is 47.9 Å². The maximum Gasteiger partial charge on any atom is 0.0249 e. The molecule has 0 spiro atoms. The molecule has 0 saturated heterocycles. The van der Waals surface area contributed by atoms with Gasteiger partial charge in [-0.1, -0.05) is 59.6 Å². The number of hydrogen-bond acceptors (Lipinski definition) is 0. The Labute approximate surface area is 190 Å². The van der Waals surface area contributed by atoms with E-state index in [2.05, 4.69) is 41.4 Å². The van der Waals surface area contributed by atoms with Gasteiger partial charge in [-0.15, -0.1) is 6.42 Å². The van der Waals surface area contributed by atoms with Gasteiger partial charge < -0.3 is 0 Å². The molecule has 32 heavy (non-hydrogen) atoms. The molecule has 0 N–H and O–H groups in total. The van der Waals surface area contributed by atoms with E-state index in [9.17, 15) is 0 Å². The number of hydrogen-bond donors (Lipinski definition) is 0. The van der Waals surface area contributed by atoms with Crippen LogP contribution in [0.15, 0.2) is 103 Å². The number of terminal acetylenes is 1. The van der Waals surface area contributed by atoms with E-state index in [1.54, 1.807) is 0 Å². The van der Waals surface area contributed by atoms with Gasteiger partial charge in [0.05, 0.1) is 0 Å². The molecule has 4 aromatic carbocycles. The van der Waals surface area contributed by atoms with Crippen molar-refractivity contribution < 1.29 is 0 Å². The minimum Gasteiger partial charge on any atom is -0.115 e. The maximum atomic E-state index is 5.38. The molecule has 0 heteroatoms. The fourth-order valence-corrected chi connectivity index (χ4v) is 2.88. The van der Waals surface area contributed by atoms with Crippen LogP contribution in [0.2, 0.25) is 0 Å². The maximum absolute atomic E-state index is 5.38. The van der Waals surface area contributed by atoms with Gasteiger partial charge in [0.2, 0.25) is 0 Å². The number of benzene rings is 4. The Kier molecular flexibility index (Phi) is 6.53. The molecule has 146 valence electrons. The summed E-state index contributed by atoms with van der Waals surface area (Å²) < 4.78 is 0. The third-order valence-corrected chi connectivity index (χ3v) is 4.65. The highest BCUT2D eigenvalue weighted by molar-refractivity contribution is 5.50. The van der Waals surface area contributed by atoms with Crippen molar-refractivity contribution in [2.45, 2.75) is 0 Å². The molecule has 0 saturated carbocycles. The van der Waals surface area contributed by atoms with Crippen molar-refractivity contribution in [2.24, 2.45) is 0 Å². The molecule has 0 heterocycles. The Balaban J connectivity index is 1.40. The van der Waals surface area contributed by atoms with E-state index >= 15 is 0 Å². The smallest absolute Gasteiger partial charge is 0.0249 e. The summed E-state index contributed by atoms with van der Waals surface area (Å²) in [6.45, 7) is 0. The molecule has 0 aliphatic heterocycles. The average Bonchev–Trinajstić information content (AvgIpc) is 2.87. The molecule has 4 aromatic rings. The van der Waals surface area contributed by atoms with Gasteiger partial charge in [-0.25, -0.2) is 0 Å². The van der Waals surface area contributed by atoms with Crippen LogP contribution in [0.1, 0.15) is 38.9 Å². The van der Waals surface area contributed by atoms with Crippen LogP contribution in [-0.4, -0.2) is 0 Å². The Morgan fingerprint density at radius 2 is 0.562 bits per heavy atom. The Hall–Kier alpha value is -4.88. The first-order valence-corrected chi connectivity index (χ1v) is 10.2. The Bertz CT molecular complexity index is 1430. The van der Waals surface area contributed by atoms with E-state index in [0.717, 1.165) is 38.9 Å². The lowest BCUT2D eigenvalue weighted by atomic mass is 10.1. The fourth-order valence-electron chi connectivity index (χ4n) is 2.88. The van der Waals surface area contributed by atoms with E-state index in [-0.39, 0.29) is 0 Å². The first kappa shape index (κ1) is 20.4. The van der Waals surface area contributed by atoms with Gasteiger partial charge in [0.15, 0.2) is 0 Å². The summed E-state index contributed by atoms with van der Waals surface area (Å²) in [5, 5.41) is 0. The van der Waals surface area contributed by atoms with E-state index in [1.807, 2.05) is 103 Å². The zero-order valence-corrected chi connectivity index (χ0v) is 17.4. The van der Waals surface area contributed by atoms with Gasteiger partial charge in [-0.05, 0) is 84.9 Å². The molecular weight excluding hydrogens is 384 g/mol. The fraction of sp³-hybridized carbons (Fsp3) is 0. The summed E-state index contributed by atoms with van der Waals surface area (Å²) in [5.74, 6) is 21.7. The van der Waals surface area contributed by atoms with Crippen LogP contribution in [0, 0.1) is 47.9 Å². The molecule has 0 aliphatic rings. The second-order valence-electron chi connectivity index (χ2n) is 6.99. The average molecular weight is 402 g/mol. The summed E-state index contributed by atoms with van der Waals surface area (Å²) in [4.78, 5) is 0. The summed E-state index contributed by atoms with van der Waals surface area (Å²) >= 11 is 0. The van der Waals surface area contributed by atoms with Crippen molar-refractivity contribution >= 4 is 0 Å². The number of rotatable bonds is 0. The normalized spacial score (nSPS) is 9.09. The van der Waals surface area contributed by atoms with E-state index in [0.29, 0.717) is 0 Å². The topological polar surface area (TPSA) is 0 Å². The van der Waals surface area contributed by atoms with E-state index < -0.39 is 0 Å². The summed E-state index contributed by atoms with van der Waals surface area (Å²) in [6, 6.07) is 33.5. The zero-order valence-electron chi connectivity index (χ0n) is 17.4. The van der Waals surface area contributed by atoms with Crippen LogP contribution in [-0.2, 0) is 0 Å². The highest BCUT2D eigenvalue weighted by atomic mass is 14.0. The molecule has 4 rings (SSSR count). The van der Waals surface area contributed by atoms with Gasteiger partial charge in [0.1, 0.15) is 0 Å². The minimum atomic E-state index is 0.855. The van der Waals surface area contributed by atoms with Gasteiger partial charge in [0.25, 0.3) is 0 Å². The first-order chi connectivity index (χ1) is 15.8. The largest absolute Gasteiger partial charge is 0.115 e. The monoisotopic (exact) mass is 402 g/mol. The lowest BCUT2D eigenvalue weighted by molar-refractivity contribution is 1.57. The summed E-state index contributed by atoms with van der Waals surface area (Å²) in [7, 11) is 0. The van der Waals surface area contributed by atoms with Crippen LogP contribution >= 0.6 is 0 Å². The SMILES string of the molecule is C#Cc1ccc(C#Cc2ccc(C#Cc3ccc(C#Cc4ccccc4)cc3)cc2)cc1. The molecule has 0 aromatic heterocycles. The molecule has 0 atom stereocenters. The second kappa shape index (κ2) is 10.2. The van der Waals surface area contributed by atoms with E-state index in [1.165, 1.54) is 0 Å². The predicted octanol–water partition coefficient (Wildman–Crippen LogP) is 5.87. The van der Waals surface area contributed by atoms with Crippen LogP contribution in [0.4, 0.5) is 0 Å². The van der Waals surface area contributed by atoms with Crippen LogP contribution in [0.5, 0.6) is 0 Å². The third-order valence-electron chi connectivity index (χ3n) is 4.65. The third kappa shape index (κ3) is 5.82. The quantitative estimate of drug-likeness (QED) is 0.323. The van der Waals surface area contributed by atoms with Crippen LogP contribution in [0.3, 0.4) is 0 Å². The van der Waals surface area contributed by atoms with E-state index in [4.69, 9.17) is 6.42 Å². The van der Waals surface area contributed by atoms with Crippen molar-refractivity contribution in [3.05, 3.63) is 142 Å². The van der Waals surface area contributed by atoms with Gasteiger partial charge in [-0.3, -0.25) is 0 Å². The first-order valence-electron chi connectivity index (χ1n) is 10.2. The van der Waals surface area contributed by atoms with Crippen molar-refractivity contribution in [3.63, 3.8) is 0 Å². The van der Waals surface area contributed by atoms with Crippen molar-refractivity contribution in [1.82, 2.24) is 0 Å². The van der Waals surface area contributed by atoms with Crippen LogP contribution in [0.25, 0.3) is 0 Å². The molecule has 0 bridgehead atoms. The second-order valence-corrected chi connectivity index (χ2v) is 6.99. The minimum absolute atomic E-state index is 0.855. The summed E-state index contributed by atoms with van der Waals surface area (Å²) in [5.41, 5.74) is 6.61. The van der Waals surface area contributed by atoms with Gasteiger partial charge in [-0.2, -0.15) is 0 Å². The van der Waals surface area contributed by atoms with Crippen LogP contribution < -0.4 is 0 Å². The lowest BCUT2D eigenvalue weighted by Crippen LogP contribution is -1.80. The Morgan fingerprint density at radius 1 is 0.312 bits per heavy atom. The molecule has 0 aliphatic carbocycles. The summed E-state index contributed by atoms with van der Waals surface area (Å²) in [6.07, 6.45) is 5.38. The lowest BCUT2D eigenvalue weighted by Gasteiger charge is -1.94. The zero-order chi connectivity index (χ0) is 22.0. The highest BCUT2D eigenvalue weighted by Crippen LogP contribution is 2.06. The van der Waals surface area contributed by atoms with Gasteiger partial charge in [0, 0.05) is 38.9 Å². The molecular formula is C32H18. The van der Waals surface area contributed by atoms with Crippen molar-refractivity contribution in [1.29, 1.82) is 0 Å². The predicted molar refractivity (Wildman–Crippen MR) is 132 cm³/mol. The Morgan fingerprint density at radius 3 is 0.844 bits per heavy atom. The van der Waals surface area contributed by atoms with Crippen molar-refractivity contribution in [2.75, 3.05) is 0 Å². The molecule has 0 amide bonds. The highest BCUT2D eigenvalue weighted by Gasteiger charge is 1.92. The molecule has 0 nitrogen and oxygen atoms in total. The molecule has 0 fully saturated rings.